The fourth-order valence-electron chi connectivity index (χ4n) is 2.58. The molecule has 0 saturated carbocycles. The first kappa shape index (κ1) is 15.2. The molecule has 1 aliphatic heterocycles. The fraction of sp³-hybridized carbons (Fsp3) is 0.500. The summed E-state index contributed by atoms with van der Waals surface area (Å²) in [4.78, 5) is 24.1. The van der Waals surface area contributed by atoms with Gasteiger partial charge >= 0.3 is 0 Å². The number of carbonyl (C=O) groups is 1. The van der Waals surface area contributed by atoms with E-state index in [9.17, 15) is 19.3 Å². The van der Waals surface area contributed by atoms with Gasteiger partial charge in [0.2, 0.25) is 0 Å². The van der Waals surface area contributed by atoms with Gasteiger partial charge in [-0.05, 0) is 31.2 Å². The Bertz CT molecular complexity index is 577. The van der Waals surface area contributed by atoms with Gasteiger partial charge in [-0.3, -0.25) is 14.9 Å². The van der Waals surface area contributed by atoms with Crippen molar-refractivity contribution in [1.29, 1.82) is 0 Å². The molecular weight excluding hydrogens is 277 g/mol. The second kappa shape index (κ2) is 6.07. The predicted octanol–water partition coefficient (Wildman–Crippen LogP) is 2.58. The Morgan fingerprint density at radius 2 is 2.14 bits per heavy atom. The molecule has 7 heteroatoms. The smallest absolute Gasteiger partial charge is 0.293 e. The van der Waals surface area contributed by atoms with Crippen LogP contribution < -0.4 is 5.73 Å². The van der Waals surface area contributed by atoms with Crippen molar-refractivity contribution in [2.75, 3.05) is 18.8 Å². The van der Waals surface area contributed by atoms with Gasteiger partial charge in [0.15, 0.2) is 0 Å². The first-order valence-corrected chi connectivity index (χ1v) is 6.93. The number of rotatable bonds is 2. The van der Waals surface area contributed by atoms with Crippen LogP contribution in [0.25, 0.3) is 0 Å². The summed E-state index contributed by atoms with van der Waals surface area (Å²) < 4.78 is 13.9. The predicted molar refractivity (Wildman–Crippen MR) is 76.4 cm³/mol. The zero-order chi connectivity index (χ0) is 15.6. The van der Waals surface area contributed by atoms with Gasteiger partial charge in [0.1, 0.15) is 17.1 Å². The van der Waals surface area contributed by atoms with Crippen molar-refractivity contribution >= 4 is 17.3 Å². The van der Waals surface area contributed by atoms with Gasteiger partial charge in [-0.1, -0.05) is 6.92 Å². The van der Waals surface area contributed by atoms with E-state index in [-0.39, 0.29) is 0 Å². The lowest BCUT2D eigenvalue weighted by Crippen LogP contribution is -2.33. The Labute approximate surface area is 121 Å². The van der Waals surface area contributed by atoms with Gasteiger partial charge in [-0.25, -0.2) is 4.39 Å². The van der Waals surface area contributed by atoms with Crippen LogP contribution in [0.4, 0.5) is 15.8 Å². The lowest BCUT2D eigenvalue weighted by atomic mass is 10.0. The maximum absolute atomic E-state index is 13.9. The van der Waals surface area contributed by atoms with E-state index in [0.717, 1.165) is 31.4 Å². The highest BCUT2D eigenvalue weighted by Gasteiger charge is 2.28. The van der Waals surface area contributed by atoms with Gasteiger partial charge in [-0.2, -0.15) is 0 Å². The molecule has 6 nitrogen and oxygen atoms in total. The summed E-state index contributed by atoms with van der Waals surface area (Å²) in [7, 11) is 0. The number of nitro groups is 1. The Morgan fingerprint density at radius 3 is 2.81 bits per heavy atom. The molecule has 1 heterocycles. The molecule has 1 fully saturated rings. The number of hydrogen-bond donors (Lipinski definition) is 1. The number of hydrogen-bond acceptors (Lipinski definition) is 4. The summed E-state index contributed by atoms with van der Waals surface area (Å²) in [5, 5.41) is 10.9. The lowest BCUT2D eigenvalue weighted by molar-refractivity contribution is -0.384. The molecule has 1 atom stereocenters. The number of nitrogens with two attached hydrogens (primary N) is 1. The van der Waals surface area contributed by atoms with Gasteiger partial charge in [-0.15, -0.1) is 0 Å². The highest BCUT2D eigenvalue weighted by atomic mass is 19.1. The Kier molecular flexibility index (Phi) is 4.40. The SMILES string of the molecule is CC1CCCN(C(=O)c2c(F)ccc([N+](=O)[O-])c2N)CC1. The number of benzene rings is 1. The number of nitrogens with zero attached hydrogens (tertiary/aromatic N) is 2. The molecular formula is C14H18FN3O3. The third-order valence-electron chi connectivity index (χ3n) is 3.89. The van der Waals surface area contributed by atoms with Crippen LogP contribution >= 0.6 is 0 Å². The molecule has 1 unspecified atom stereocenters. The van der Waals surface area contributed by atoms with Gasteiger partial charge in [0.05, 0.1) is 4.92 Å². The van der Waals surface area contributed by atoms with Crippen molar-refractivity contribution in [2.24, 2.45) is 5.92 Å². The van der Waals surface area contributed by atoms with Crippen LogP contribution in [-0.4, -0.2) is 28.8 Å². The molecule has 0 spiro atoms. The number of carbonyl (C=O) groups excluding carboxylic acids is 1. The number of amides is 1. The van der Waals surface area contributed by atoms with Crippen molar-refractivity contribution in [2.45, 2.75) is 26.2 Å². The largest absolute Gasteiger partial charge is 0.392 e. The second-order valence-corrected chi connectivity index (χ2v) is 5.44. The van der Waals surface area contributed by atoms with E-state index >= 15 is 0 Å². The molecule has 0 aliphatic carbocycles. The number of halogens is 1. The van der Waals surface area contributed by atoms with E-state index in [2.05, 4.69) is 6.92 Å². The summed E-state index contributed by atoms with van der Waals surface area (Å²) in [6.45, 7) is 3.14. The summed E-state index contributed by atoms with van der Waals surface area (Å²) in [5.74, 6) is -0.877. The Hall–Kier alpha value is -2.18. The highest BCUT2D eigenvalue weighted by Crippen LogP contribution is 2.29. The monoisotopic (exact) mass is 295 g/mol. The third kappa shape index (κ3) is 3.12. The summed E-state index contributed by atoms with van der Waals surface area (Å²) in [6, 6.07) is 1.90. The Balaban J connectivity index is 2.34. The van der Waals surface area contributed by atoms with Crippen molar-refractivity contribution in [3.05, 3.63) is 33.6 Å². The standard InChI is InChI=1S/C14H18FN3O3/c1-9-3-2-7-17(8-6-9)14(19)12-10(15)4-5-11(13(12)16)18(20)21/h4-5,9H,2-3,6-8,16H2,1H3. The number of likely N-dealkylation sites (tertiary alicyclic amines) is 1. The van der Waals surface area contributed by atoms with E-state index in [1.807, 2.05) is 0 Å². The minimum atomic E-state index is -0.819. The van der Waals surface area contributed by atoms with Crippen molar-refractivity contribution in [3.8, 4) is 0 Å². The van der Waals surface area contributed by atoms with Gasteiger partial charge in [0.25, 0.3) is 11.6 Å². The maximum Gasteiger partial charge on any atom is 0.293 e. The molecule has 1 aromatic rings. The van der Waals surface area contributed by atoms with Crippen LogP contribution in [0.15, 0.2) is 12.1 Å². The molecule has 0 aromatic heterocycles. The molecule has 1 aromatic carbocycles. The van der Waals surface area contributed by atoms with Crippen LogP contribution in [0.5, 0.6) is 0 Å². The molecule has 2 rings (SSSR count). The fourth-order valence-corrected chi connectivity index (χ4v) is 2.58. The summed E-state index contributed by atoms with van der Waals surface area (Å²) in [5.41, 5.74) is 4.40. The number of nitro benzene ring substituents is 1. The normalized spacial score (nSPS) is 19.1. The number of anilines is 1. The topological polar surface area (TPSA) is 89.5 Å². The molecule has 0 bridgehead atoms. The van der Waals surface area contributed by atoms with E-state index < -0.39 is 33.6 Å². The minimum absolute atomic E-state index is 0.390. The molecule has 1 saturated heterocycles. The molecule has 1 amide bonds. The van der Waals surface area contributed by atoms with E-state index in [1.165, 1.54) is 4.90 Å². The van der Waals surface area contributed by atoms with Crippen LogP contribution in [0.1, 0.15) is 36.5 Å². The Morgan fingerprint density at radius 1 is 1.43 bits per heavy atom. The van der Waals surface area contributed by atoms with Crippen LogP contribution in [-0.2, 0) is 0 Å². The van der Waals surface area contributed by atoms with Gasteiger partial charge in [0, 0.05) is 19.2 Å². The second-order valence-electron chi connectivity index (χ2n) is 5.44. The van der Waals surface area contributed by atoms with E-state index in [0.29, 0.717) is 19.0 Å². The van der Waals surface area contributed by atoms with Crippen molar-refractivity contribution < 1.29 is 14.1 Å². The molecule has 21 heavy (non-hydrogen) atoms. The van der Waals surface area contributed by atoms with Crippen LogP contribution in [0, 0.1) is 21.8 Å². The van der Waals surface area contributed by atoms with Crippen LogP contribution in [0.2, 0.25) is 0 Å². The highest BCUT2D eigenvalue weighted by molar-refractivity contribution is 6.01. The average Bonchev–Trinajstić information content (AvgIpc) is 2.63. The number of nitrogen functional groups attached to an aromatic ring is 1. The van der Waals surface area contributed by atoms with Crippen LogP contribution in [0.3, 0.4) is 0 Å². The molecule has 0 radical (unpaired) electrons. The minimum Gasteiger partial charge on any atom is -0.392 e. The molecule has 2 N–H and O–H groups in total. The van der Waals surface area contributed by atoms with Crippen molar-refractivity contribution in [3.63, 3.8) is 0 Å². The summed E-state index contributed by atoms with van der Waals surface area (Å²) in [6.07, 6.45) is 2.68. The van der Waals surface area contributed by atoms with E-state index in [1.54, 1.807) is 0 Å². The zero-order valence-corrected chi connectivity index (χ0v) is 11.8. The molecule has 114 valence electrons. The zero-order valence-electron chi connectivity index (χ0n) is 11.8. The maximum atomic E-state index is 13.9. The third-order valence-corrected chi connectivity index (χ3v) is 3.89. The first-order valence-electron chi connectivity index (χ1n) is 6.93. The van der Waals surface area contributed by atoms with E-state index in [4.69, 9.17) is 5.73 Å². The first-order chi connectivity index (χ1) is 9.91. The van der Waals surface area contributed by atoms with Crippen molar-refractivity contribution in [1.82, 2.24) is 4.90 Å². The summed E-state index contributed by atoms with van der Waals surface area (Å²) >= 11 is 0. The molecule has 1 aliphatic rings. The average molecular weight is 295 g/mol. The van der Waals surface area contributed by atoms with Gasteiger partial charge < -0.3 is 10.6 Å². The quantitative estimate of drug-likeness (QED) is 0.516. The lowest BCUT2D eigenvalue weighted by Gasteiger charge is -2.21.